The van der Waals surface area contributed by atoms with Crippen molar-refractivity contribution in [1.82, 2.24) is 15.1 Å². The van der Waals surface area contributed by atoms with Crippen molar-refractivity contribution in [2.45, 2.75) is 32.7 Å². The number of aromatic nitrogens is 2. The van der Waals surface area contributed by atoms with Gasteiger partial charge in [-0.25, -0.2) is 0 Å². The fourth-order valence-electron chi connectivity index (χ4n) is 2.20. The first kappa shape index (κ1) is 15.1. The highest BCUT2D eigenvalue weighted by Crippen LogP contribution is 2.20. The first-order chi connectivity index (χ1) is 9.97. The Balaban J connectivity index is 1.87. The molecule has 5 heteroatoms. The number of carbonyl (C=O) groups is 1. The van der Waals surface area contributed by atoms with Gasteiger partial charge in [-0.1, -0.05) is 19.1 Å². The molecule has 3 N–H and O–H groups in total. The van der Waals surface area contributed by atoms with Crippen molar-refractivity contribution in [1.29, 1.82) is 0 Å². The van der Waals surface area contributed by atoms with E-state index in [9.17, 15) is 4.79 Å². The molecule has 1 aromatic carbocycles. The molecule has 0 aliphatic rings. The SMILES string of the molecule is Cc1c(CNC(=O)CC(C)c2ccc(N)cc2)cnn1C. The summed E-state index contributed by atoms with van der Waals surface area (Å²) in [5.41, 5.74) is 9.65. The Morgan fingerprint density at radius 3 is 2.62 bits per heavy atom. The van der Waals surface area contributed by atoms with E-state index in [2.05, 4.69) is 10.4 Å². The van der Waals surface area contributed by atoms with E-state index in [1.165, 1.54) is 0 Å². The molecule has 0 aliphatic heterocycles. The number of aryl methyl sites for hydroxylation is 1. The van der Waals surface area contributed by atoms with Crippen LogP contribution in [0.2, 0.25) is 0 Å². The Labute approximate surface area is 125 Å². The maximum Gasteiger partial charge on any atom is 0.220 e. The minimum atomic E-state index is 0.0441. The molecule has 21 heavy (non-hydrogen) atoms. The van der Waals surface area contributed by atoms with Crippen molar-refractivity contribution >= 4 is 11.6 Å². The third-order valence-corrected chi connectivity index (χ3v) is 3.81. The topological polar surface area (TPSA) is 72.9 Å². The van der Waals surface area contributed by atoms with Crippen molar-refractivity contribution < 1.29 is 4.79 Å². The van der Waals surface area contributed by atoms with Crippen LogP contribution in [0.15, 0.2) is 30.5 Å². The van der Waals surface area contributed by atoms with E-state index in [1.54, 1.807) is 10.9 Å². The van der Waals surface area contributed by atoms with Crippen molar-refractivity contribution in [2.75, 3.05) is 5.73 Å². The van der Waals surface area contributed by atoms with Crippen LogP contribution in [0, 0.1) is 6.92 Å². The van der Waals surface area contributed by atoms with Gasteiger partial charge in [0.2, 0.25) is 5.91 Å². The number of carbonyl (C=O) groups excluding carboxylic acids is 1. The number of hydrogen-bond donors (Lipinski definition) is 2. The Hall–Kier alpha value is -2.30. The molecule has 0 bridgehead atoms. The van der Waals surface area contributed by atoms with Crippen LogP contribution in [0.1, 0.15) is 36.1 Å². The number of nitrogens with zero attached hydrogens (tertiary/aromatic N) is 2. The summed E-state index contributed by atoms with van der Waals surface area (Å²) in [6, 6.07) is 7.67. The Bertz CT molecular complexity index is 616. The Morgan fingerprint density at radius 2 is 2.05 bits per heavy atom. The standard InChI is InChI=1S/C16H22N4O/c1-11(13-4-6-15(17)7-5-13)8-16(21)18-9-14-10-19-20(3)12(14)2/h4-7,10-11H,8-9,17H2,1-3H3,(H,18,21). The smallest absolute Gasteiger partial charge is 0.220 e. The van der Waals surface area contributed by atoms with Crippen molar-refractivity contribution in [2.24, 2.45) is 7.05 Å². The number of hydrogen-bond acceptors (Lipinski definition) is 3. The maximum atomic E-state index is 12.0. The molecule has 112 valence electrons. The van der Waals surface area contributed by atoms with E-state index in [0.29, 0.717) is 13.0 Å². The Morgan fingerprint density at radius 1 is 1.38 bits per heavy atom. The minimum absolute atomic E-state index is 0.0441. The predicted octanol–water partition coefficient (Wildman–Crippen LogP) is 2.12. The molecular formula is C16H22N4O. The normalized spacial score (nSPS) is 12.1. The molecule has 1 unspecified atom stereocenters. The summed E-state index contributed by atoms with van der Waals surface area (Å²) in [7, 11) is 1.89. The fraction of sp³-hybridized carbons (Fsp3) is 0.375. The predicted molar refractivity (Wildman–Crippen MR) is 83.7 cm³/mol. The third-order valence-electron chi connectivity index (χ3n) is 3.81. The molecule has 0 saturated heterocycles. The number of nitrogens with two attached hydrogens (primary N) is 1. The largest absolute Gasteiger partial charge is 0.399 e. The lowest BCUT2D eigenvalue weighted by molar-refractivity contribution is -0.121. The molecule has 0 spiro atoms. The maximum absolute atomic E-state index is 12.0. The highest BCUT2D eigenvalue weighted by Gasteiger charge is 2.12. The zero-order chi connectivity index (χ0) is 15.4. The lowest BCUT2D eigenvalue weighted by Gasteiger charge is -2.12. The summed E-state index contributed by atoms with van der Waals surface area (Å²) in [6.07, 6.45) is 2.25. The third kappa shape index (κ3) is 3.84. The summed E-state index contributed by atoms with van der Waals surface area (Å²) in [5, 5.41) is 7.11. The van der Waals surface area contributed by atoms with E-state index in [0.717, 1.165) is 22.5 Å². The van der Waals surface area contributed by atoms with E-state index in [4.69, 9.17) is 5.73 Å². The monoisotopic (exact) mass is 286 g/mol. The lowest BCUT2D eigenvalue weighted by atomic mass is 9.97. The van der Waals surface area contributed by atoms with E-state index in [1.807, 2.05) is 45.2 Å². The quantitative estimate of drug-likeness (QED) is 0.827. The van der Waals surface area contributed by atoms with Crippen LogP contribution >= 0.6 is 0 Å². The minimum Gasteiger partial charge on any atom is -0.399 e. The van der Waals surface area contributed by atoms with Crippen LogP contribution < -0.4 is 11.1 Å². The average molecular weight is 286 g/mol. The summed E-state index contributed by atoms with van der Waals surface area (Å²) in [4.78, 5) is 12.0. The van der Waals surface area contributed by atoms with Gasteiger partial charge in [-0.15, -0.1) is 0 Å². The molecule has 0 fully saturated rings. The van der Waals surface area contributed by atoms with Gasteiger partial charge in [0.05, 0.1) is 6.20 Å². The van der Waals surface area contributed by atoms with Gasteiger partial charge in [-0.3, -0.25) is 9.48 Å². The number of nitrogens with one attached hydrogen (secondary N) is 1. The number of rotatable bonds is 5. The molecule has 2 rings (SSSR count). The van der Waals surface area contributed by atoms with Crippen LogP contribution in [0.5, 0.6) is 0 Å². The van der Waals surface area contributed by atoms with Gasteiger partial charge in [-0.05, 0) is 30.5 Å². The van der Waals surface area contributed by atoms with Gasteiger partial charge in [-0.2, -0.15) is 5.10 Å². The molecule has 2 aromatic rings. The first-order valence-electron chi connectivity index (χ1n) is 7.07. The second kappa shape index (κ2) is 6.43. The number of anilines is 1. The van der Waals surface area contributed by atoms with Crippen LogP contribution in [0.4, 0.5) is 5.69 Å². The van der Waals surface area contributed by atoms with Gasteiger partial charge in [0, 0.05) is 37.0 Å². The molecule has 5 nitrogen and oxygen atoms in total. The van der Waals surface area contributed by atoms with Gasteiger partial charge in [0.15, 0.2) is 0 Å². The summed E-state index contributed by atoms with van der Waals surface area (Å²) in [5.74, 6) is 0.211. The molecule has 0 aliphatic carbocycles. The lowest BCUT2D eigenvalue weighted by Crippen LogP contribution is -2.24. The second-order valence-corrected chi connectivity index (χ2v) is 5.43. The van der Waals surface area contributed by atoms with Crippen LogP contribution in [0.25, 0.3) is 0 Å². The Kier molecular flexibility index (Phi) is 4.62. The highest BCUT2D eigenvalue weighted by atomic mass is 16.1. The number of amides is 1. The van der Waals surface area contributed by atoms with E-state index >= 15 is 0 Å². The molecule has 1 amide bonds. The van der Waals surface area contributed by atoms with Crippen LogP contribution in [-0.4, -0.2) is 15.7 Å². The van der Waals surface area contributed by atoms with Crippen LogP contribution in [0.3, 0.4) is 0 Å². The van der Waals surface area contributed by atoms with Crippen molar-refractivity contribution in [3.63, 3.8) is 0 Å². The van der Waals surface area contributed by atoms with Crippen molar-refractivity contribution in [3.05, 3.63) is 47.3 Å². The molecular weight excluding hydrogens is 264 g/mol. The first-order valence-corrected chi connectivity index (χ1v) is 7.07. The second-order valence-electron chi connectivity index (χ2n) is 5.43. The van der Waals surface area contributed by atoms with Gasteiger partial charge in [0.25, 0.3) is 0 Å². The van der Waals surface area contributed by atoms with Gasteiger partial charge in [0.1, 0.15) is 0 Å². The molecule has 0 radical (unpaired) electrons. The zero-order valence-corrected chi connectivity index (χ0v) is 12.8. The van der Waals surface area contributed by atoms with Gasteiger partial charge < -0.3 is 11.1 Å². The zero-order valence-electron chi connectivity index (χ0n) is 12.8. The average Bonchev–Trinajstić information content (AvgIpc) is 2.77. The van der Waals surface area contributed by atoms with Gasteiger partial charge >= 0.3 is 0 Å². The van der Waals surface area contributed by atoms with E-state index in [-0.39, 0.29) is 11.8 Å². The molecule has 1 heterocycles. The van der Waals surface area contributed by atoms with Crippen LogP contribution in [-0.2, 0) is 18.4 Å². The number of benzene rings is 1. The molecule has 0 saturated carbocycles. The number of nitrogen functional groups attached to an aromatic ring is 1. The van der Waals surface area contributed by atoms with E-state index < -0.39 is 0 Å². The molecule has 1 atom stereocenters. The summed E-state index contributed by atoms with van der Waals surface area (Å²) >= 11 is 0. The fourth-order valence-corrected chi connectivity index (χ4v) is 2.20. The molecule has 1 aromatic heterocycles. The van der Waals surface area contributed by atoms with Crippen molar-refractivity contribution in [3.8, 4) is 0 Å². The highest BCUT2D eigenvalue weighted by molar-refractivity contribution is 5.76. The summed E-state index contributed by atoms with van der Waals surface area (Å²) in [6.45, 7) is 4.55. The summed E-state index contributed by atoms with van der Waals surface area (Å²) < 4.78 is 1.80.